The third kappa shape index (κ3) is 6.70. The average molecular weight is 410 g/mol. The number of carbonyl (C=O) groups is 1. The fraction of sp³-hybridized carbons (Fsp3) is 0.526. The van der Waals surface area contributed by atoms with Crippen molar-refractivity contribution in [3.05, 3.63) is 34.3 Å². The van der Waals surface area contributed by atoms with Crippen molar-refractivity contribution >= 4 is 32.2 Å². The maximum Gasteiger partial charge on any atom is 0.257 e. The molecule has 0 saturated heterocycles. The fourth-order valence-electron chi connectivity index (χ4n) is 2.70. The third-order valence-electron chi connectivity index (χ3n) is 4.31. The van der Waals surface area contributed by atoms with Crippen molar-refractivity contribution < 1.29 is 13.2 Å². The van der Waals surface area contributed by atoms with E-state index in [2.05, 4.69) is 22.4 Å². The highest BCUT2D eigenvalue weighted by Crippen LogP contribution is 2.21. The lowest BCUT2D eigenvalue weighted by atomic mass is 10.1. The van der Waals surface area contributed by atoms with Crippen molar-refractivity contribution in [2.24, 2.45) is 0 Å². The van der Waals surface area contributed by atoms with Crippen LogP contribution in [0.2, 0.25) is 0 Å². The van der Waals surface area contributed by atoms with E-state index in [4.69, 9.17) is 0 Å². The Morgan fingerprint density at radius 3 is 2.52 bits per heavy atom. The van der Waals surface area contributed by atoms with Crippen LogP contribution in [0.5, 0.6) is 0 Å². The molecular formula is C19H27N3O3S2. The molecule has 27 heavy (non-hydrogen) atoms. The van der Waals surface area contributed by atoms with E-state index in [1.54, 1.807) is 13.0 Å². The summed E-state index contributed by atoms with van der Waals surface area (Å²) in [7, 11) is -3.37. The van der Waals surface area contributed by atoms with Crippen LogP contribution in [0.4, 0.5) is 5.13 Å². The number of rotatable bonds is 10. The Bertz CT molecular complexity index is 876. The zero-order chi connectivity index (χ0) is 19.9. The molecule has 2 aromatic rings. The van der Waals surface area contributed by atoms with Crippen LogP contribution in [0, 0.1) is 6.92 Å². The number of amides is 1. The van der Waals surface area contributed by atoms with Crippen LogP contribution in [0.3, 0.4) is 0 Å². The minimum Gasteiger partial charge on any atom is -0.296 e. The van der Waals surface area contributed by atoms with Gasteiger partial charge in [0.25, 0.3) is 5.91 Å². The Labute approximate surface area is 165 Å². The van der Waals surface area contributed by atoms with Crippen molar-refractivity contribution in [3.63, 3.8) is 0 Å². The quantitative estimate of drug-likeness (QED) is 0.587. The predicted octanol–water partition coefficient (Wildman–Crippen LogP) is 4.41. The Hall–Kier alpha value is -1.80. The number of unbranched alkanes of at least 4 members (excludes halogenated alkanes) is 5. The average Bonchev–Trinajstić information content (AvgIpc) is 3.04. The van der Waals surface area contributed by atoms with Crippen LogP contribution in [-0.2, 0) is 16.3 Å². The van der Waals surface area contributed by atoms with E-state index in [1.165, 1.54) is 55.6 Å². The molecule has 0 radical (unpaired) electrons. The van der Waals surface area contributed by atoms with Crippen LogP contribution in [0.25, 0.3) is 0 Å². The number of sulfone groups is 1. The molecule has 0 aliphatic heterocycles. The number of aromatic nitrogens is 2. The molecule has 2 rings (SSSR count). The number of carbonyl (C=O) groups excluding carboxylic acids is 1. The number of hydrogen-bond donors (Lipinski definition) is 1. The van der Waals surface area contributed by atoms with Gasteiger partial charge in [0.05, 0.1) is 4.90 Å². The van der Waals surface area contributed by atoms with Gasteiger partial charge in [0.15, 0.2) is 9.84 Å². The first-order chi connectivity index (χ1) is 12.8. The third-order valence-corrected chi connectivity index (χ3v) is 6.32. The molecule has 6 nitrogen and oxygen atoms in total. The van der Waals surface area contributed by atoms with Crippen molar-refractivity contribution in [1.29, 1.82) is 0 Å². The van der Waals surface area contributed by atoms with E-state index >= 15 is 0 Å². The maximum absolute atomic E-state index is 12.5. The summed E-state index contributed by atoms with van der Waals surface area (Å²) < 4.78 is 23.4. The molecule has 148 valence electrons. The normalized spacial score (nSPS) is 11.5. The first kappa shape index (κ1) is 21.5. The Kier molecular flexibility index (Phi) is 7.91. The van der Waals surface area contributed by atoms with Gasteiger partial charge in [-0.2, -0.15) is 0 Å². The van der Waals surface area contributed by atoms with E-state index < -0.39 is 9.84 Å². The van der Waals surface area contributed by atoms with Crippen LogP contribution < -0.4 is 5.32 Å². The standard InChI is InChI=1S/C19H27N3O3S2/c1-4-5-6-7-8-9-10-17-21-22-19(26-17)20-18(23)16-13-15(27(3,24)25)12-11-14(16)2/h11-13H,4-10H2,1-3H3,(H,20,22,23). The molecule has 0 aliphatic carbocycles. The molecule has 0 bridgehead atoms. The molecule has 1 N–H and O–H groups in total. The lowest BCUT2D eigenvalue weighted by Gasteiger charge is -2.07. The van der Waals surface area contributed by atoms with Gasteiger partial charge >= 0.3 is 0 Å². The van der Waals surface area contributed by atoms with Gasteiger partial charge in [0, 0.05) is 18.2 Å². The van der Waals surface area contributed by atoms with E-state index in [9.17, 15) is 13.2 Å². The number of benzene rings is 1. The second kappa shape index (κ2) is 9.94. The Morgan fingerprint density at radius 1 is 1.11 bits per heavy atom. The van der Waals surface area contributed by atoms with Gasteiger partial charge in [-0.1, -0.05) is 56.4 Å². The smallest absolute Gasteiger partial charge is 0.257 e. The maximum atomic E-state index is 12.5. The van der Waals surface area contributed by atoms with Gasteiger partial charge in [0.2, 0.25) is 5.13 Å². The zero-order valence-corrected chi connectivity index (χ0v) is 17.8. The van der Waals surface area contributed by atoms with E-state index in [-0.39, 0.29) is 10.8 Å². The molecule has 0 atom stereocenters. The lowest BCUT2D eigenvalue weighted by Crippen LogP contribution is -2.14. The van der Waals surface area contributed by atoms with Crippen molar-refractivity contribution in [3.8, 4) is 0 Å². The van der Waals surface area contributed by atoms with E-state index in [0.717, 1.165) is 24.1 Å². The van der Waals surface area contributed by atoms with Crippen molar-refractivity contribution in [2.45, 2.75) is 63.7 Å². The number of nitrogens with zero attached hydrogens (tertiary/aromatic N) is 2. The molecule has 8 heteroatoms. The van der Waals surface area contributed by atoms with Crippen LogP contribution in [0.15, 0.2) is 23.1 Å². The lowest BCUT2D eigenvalue weighted by molar-refractivity contribution is 0.102. The molecule has 0 fully saturated rings. The highest BCUT2D eigenvalue weighted by Gasteiger charge is 2.16. The van der Waals surface area contributed by atoms with Crippen LogP contribution in [-0.4, -0.2) is 30.8 Å². The molecule has 1 aromatic carbocycles. The second-order valence-corrected chi connectivity index (χ2v) is 9.80. The van der Waals surface area contributed by atoms with Crippen molar-refractivity contribution in [2.75, 3.05) is 11.6 Å². The van der Waals surface area contributed by atoms with Gasteiger partial charge in [-0.15, -0.1) is 10.2 Å². The summed E-state index contributed by atoms with van der Waals surface area (Å²) in [5, 5.41) is 12.2. The van der Waals surface area contributed by atoms with Crippen molar-refractivity contribution in [1.82, 2.24) is 10.2 Å². The number of anilines is 1. The Morgan fingerprint density at radius 2 is 1.81 bits per heavy atom. The largest absolute Gasteiger partial charge is 0.296 e. The van der Waals surface area contributed by atoms with Crippen LogP contribution >= 0.6 is 11.3 Å². The molecule has 1 aromatic heterocycles. The van der Waals surface area contributed by atoms with Gasteiger partial charge in [0.1, 0.15) is 5.01 Å². The Balaban J connectivity index is 1.94. The van der Waals surface area contributed by atoms with E-state index in [1.807, 2.05) is 0 Å². The first-order valence-electron chi connectivity index (χ1n) is 9.25. The van der Waals surface area contributed by atoms with Crippen LogP contribution in [0.1, 0.15) is 66.4 Å². The SMILES string of the molecule is CCCCCCCCc1nnc(NC(=O)c2cc(S(C)(=O)=O)ccc2C)s1. The number of aryl methyl sites for hydroxylation is 2. The predicted molar refractivity (Wildman–Crippen MR) is 109 cm³/mol. The van der Waals surface area contributed by atoms with Gasteiger partial charge in [-0.25, -0.2) is 8.42 Å². The topological polar surface area (TPSA) is 89.0 Å². The number of nitrogens with one attached hydrogen (secondary N) is 1. The first-order valence-corrected chi connectivity index (χ1v) is 12.0. The van der Waals surface area contributed by atoms with Gasteiger partial charge in [-0.3, -0.25) is 10.1 Å². The molecular weight excluding hydrogens is 382 g/mol. The summed E-state index contributed by atoms with van der Waals surface area (Å²) in [5.74, 6) is -0.375. The second-order valence-electron chi connectivity index (χ2n) is 6.72. The summed E-state index contributed by atoms with van der Waals surface area (Å²) in [6, 6.07) is 4.54. The van der Waals surface area contributed by atoms with E-state index in [0.29, 0.717) is 16.3 Å². The monoisotopic (exact) mass is 409 g/mol. The molecule has 0 unspecified atom stereocenters. The molecule has 1 heterocycles. The summed E-state index contributed by atoms with van der Waals surface area (Å²) in [4.78, 5) is 12.6. The highest BCUT2D eigenvalue weighted by atomic mass is 32.2. The highest BCUT2D eigenvalue weighted by molar-refractivity contribution is 7.90. The number of hydrogen-bond acceptors (Lipinski definition) is 6. The minimum absolute atomic E-state index is 0.124. The fourth-order valence-corrected chi connectivity index (χ4v) is 4.13. The zero-order valence-electron chi connectivity index (χ0n) is 16.1. The summed E-state index contributed by atoms with van der Waals surface area (Å²) in [5.41, 5.74) is 1.03. The molecule has 0 saturated carbocycles. The molecule has 0 spiro atoms. The minimum atomic E-state index is -3.37. The van der Waals surface area contributed by atoms with Gasteiger partial charge in [-0.05, 0) is 31.0 Å². The van der Waals surface area contributed by atoms with Gasteiger partial charge < -0.3 is 0 Å². The molecule has 1 amide bonds. The summed E-state index contributed by atoms with van der Waals surface area (Å²) >= 11 is 1.37. The summed E-state index contributed by atoms with van der Waals surface area (Å²) in [6.45, 7) is 3.97. The summed E-state index contributed by atoms with van der Waals surface area (Å²) in [6.07, 6.45) is 9.29. The molecule has 0 aliphatic rings.